The molecule has 0 aromatic heterocycles. The second-order valence-corrected chi connectivity index (χ2v) is 5.54. The Balaban J connectivity index is 1.70. The molecule has 2 rings (SSSR count). The van der Waals surface area contributed by atoms with Crippen LogP contribution in [0, 0.1) is 0 Å². The molecule has 92 valence electrons. The molecule has 3 N–H and O–H groups in total. The minimum atomic E-state index is -0.185. The number of rotatable bonds is 3. The highest BCUT2D eigenvalue weighted by Crippen LogP contribution is 2.32. The molecule has 0 aromatic carbocycles. The fourth-order valence-electron chi connectivity index (χ4n) is 2.56. The first-order valence-electron chi connectivity index (χ1n) is 6.34. The topological polar surface area (TPSA) is 58.4 Å². The van der Waals surface area contributed by atoms with Crippen molar-refractivity contribution in [2.24, 2.45) is 5.73 Å². The molecule has 0 atom stereocenters. The Morgan fingerprint density at radius 3 is 2.56 bits per heavy atom. The van der Waals surface area contributed by atoms with E-state index in [2.05, 4.69) is 17.3 Å². The molecule has 1 saturated carbocycles. The van der Waals surface area contributed by atoms with E-state index in [-0.39, 0.29) is 11.4 Å². The van der Waals surface area contributed by atoms with Crippen LogP contribution in [0.15, 0.2) is 0 Å². The Hall–Kier alpha value is -0.610. The molecular formula is C12H23N3O. The van der Waals surface area contributed by atoms with Crippen LogP contribution in [-0.4, -0.2) is 42.5 Å². The van der Waals surface area contributed by atoms with Gasteiger partial charge in [-0.2, -0.15) is 0 Å². The van der Waals surface area contributed by atoms with E-state index in [9.17, 15) is 4.79 Å². The van der Waals surface area contributed by atoms with Gasteiger partial charge in [0, 0.05) is 18.0 Å². The summed E-state index contributed by atoms with van der Waals surface area (Å²) in [5, 5.41) is 3.12. The summed E-state index contributed by atoms with van der Waals surface area (Å²) < 4.78 is 0. The number of hydrogen-bond acceptors (Lipinski definition) is 3. The summed E-state index contributed by atoms with van der Waals surface area (Å²) in [7, 11) is 2.13. The fourth-order valence-corrected chi connectivity index (χ4v) is 2.56. The molecule has 1 heterocycles. The number of amides is 1. The van der Waals surface area contributed by atoms with Crippen LogP contribution in [0.3, 0.4) is 0 Å². The molecule has 1 amide bonds. The third kappa shape index (κ3) is 2.95. The lowest BCUT2D eigenvalue weighted by molar-refractivity contribution is -0.124. The second kappa shape index (κ2) is 4.72. The number of likely N-dealkylation sites (tertiary alicyclic amines) is 1. The lowest BCUT2D eigenvalue weighted by atomic mass is 9.75. The summed E-state index contributed by atoms with van der Waals surface area (Å²) in [6, 6.07) is 0.368. The van der Waals surface area contributed by atoms with E-state index in [0.717, 1.165) is 38.8 Å². The first-order valence-corrected chi connectivity index (χ1v) is 6.34. The molecule has 1 aliphatic heterocycles. The van der Waals surface area contributed by atoms with Crippen molar-refractivity contribution in [1.29, 1.82) is 0 Å². The quantitative estimate of drug-likeness (QED) is 0.734. The SMILES string of the molecule is CN1CCC(NC(=O)CC2(N)CCC2)CC1. The Morgan fingerprint density at radius 1 is 1.44 bits per heavy atom. The van der Waals surface area contributed by atoms with Crippen LogP contribution in [-0.2, 0) is 4.79 Å². The predicted octanol–water partition coefficient (Wildman–Crippen LogP) is 0.468. The first kappa shape index (κ1) is 11.9. The predicted molar refractivity (Wildman–Crippen MR) is 64.0 cm³/mol. The van der Waals surface area contributed by atoms with Gasteiger partial charge in [0.25, 0.3) is 0 Å². The highest BCUT2D eigenvalue weighted by Gasteiger charge is 2.35. The molecule has 1 saturated heterocycles. The summed E-state index contributed by atoms with van der Waals surface area (Å²) in [6.07, 6.45) is 5.85. The molecule has 16 heavy (non-hydrogen) atoms. The fraction of sp³-hybridized carbons (Fsp3) is 0.917. The van der Waals surface area contributed by atoms with Gasteiger partial charge >= 0.3 is 0 Å². The minimum absolute atomic E-state index is 0.150. The van der Waals surface area contributed by atoms with E-state index in [1.54, 1.807) is 0 Å². The average molecular weight is 225 g/mol. The lowest BCUT2D eigenvalue weighted by Crippen LogP contribution is -2.52. The van der Waals surface area contributed by atoms with E-state index in [0.29, 0.717) is 12.5 Å². The number of nitrogens with one attached hydrogen (secondary N) is 1. The van der Waals surface area contributed by atoms with Crippen LogP contribution in [0.1, 0.15) is 38.5 Å². The molecule has 0 bridgehead atoms. The number of nitrogens with zero attached hydrogens (tertiary/aromatic N) is 1. The Morgan fingerprint density at radius 2 is 2.06 bits per heavy atom. The van der Waals surface area contributed by atoms with Crippen molar-refractivity contribution >= 4 is 5.91 Å². The van der Waals surface area contributed by atoms with Crippen LogP contribution in [0.4, 0.5) is 0 Å². The summed E-state index contributed by atoms with van der Waals surface area (Å²) in [5.41, 5.74) is 5.88. The third-order valence-electron chi connectivity index (χ3n) is 3.95. The lowest BCUT2D eigenvalue weighted by Gasteiger charge is -2.38. The van der Waals surface area contributed by atoms with Crippen molar-refractivity contribution < 1.29 is 4.79 Å². The zero-order valence-corrected chi connectivity index (χ0v) is 10.2. The van der Waals surface area contributed by atoms with Gasteiger partial charge in [0.15, 0.2) is 0 Å². The zero-order chi connectivity index (χ0) is 11.6. The summed E-state index contributed by atoms with van der Waals surface area (Å²) >= 11 is 0. The molecular weight excluding hydrogens is 202 g/mol. The Bertz CT molecular complexity index is 255. The van der Waals surface area contributed by atoms with E-state index < -0.39 is 0 Å². The van der Waals surface area contributed by atoms with Crippen LogP contribution < -0.4 is 11.1 Å². The average Bonchev–Trinajstić information content (AvgIpc) is 2.19. The molecule has 0 unspecified atom stereocenters. The van der Waals surface area contributed by atoms with Gasteiger partial charge in [-0.1, -0.05) is 0 Å². The molecule has 2 aliphatic rings. The van der Waals surface area contributed by atoms with Gasteiger partial charge in [-0.05, 0) is 52.2 Å². The molecule has 2 fully saturated rings. The van der Waals surface area contributed by atoms with Crippen LogP contribution >= 0.6 is 0 Å². The Labute approximate surface area is 97.6 Å². The van der Waals surface area contributed by atoms with Gasteiger partial charge in [0.2, 0.25) is 5.91 Å². The van der Waals surface area contributed by atoms with Crippen molar-refractivity contribution in [3.05, 3.63) is 0 Å². The van der Waals surface area contributed by atoms with E-state index in [1.165, 1.54) is 6.42 Å². The van der Waals surface area contributed by atoms with Gasteiger partial charge < -0.3 is 16.0 Å². The van der Waals surface area contributed by atoms with Crippen molar-refractivity contribution in [2.45, 2.75) is 50.1 Å². The third-order valence-corrected chi connectivity index (χ3v) is 3.95. The van der Waals surface area contributed by atoms with Gasteiger partial charge in [-0.15, -0.1) is 0 Å². The summed E-state index contributed by atoms with van der Waals surface area (Å²) in [4.78, 5) is 14.1. The van der Waals surface area contributed by atoms with Crippen LogP contribution in [0.2, 0.25) is 0 Å². The summed E-state index contributed by atoms with van der Waals surface area (Å²) in [5.74, 6) is 0.150. The highest BCUT2D eigenvalue weighted by molar-refractivity contribution is 5.77. The number of hydrogen-bond donors (Lipinski definition) is 2. The van der Waals surface area contributed by atoms with Crippen LogP contribution in [0.5, 0.6) is 0 Å². The summed E-state index contributed by atoms with van der Waals surface area (Å²) in [6.45, 7) is 2.16. The monoisotopic (exact) mass is 225 g/mol. The minimum Gasteiger partial charge on any atom is -0.353 e. The smallest absolute Gasteiger partial charge is 0.222 e. The Kier molecular flexibility index (Phi) is 3.50. The van der Waals surface area contributed by atoms with E-state index in [4.69, 9.17) is 5.73 Å². The van der Waals surface area contributed by atoms with Gasteiger partial charge in [-0.25, -0.2) is 0 Å². The molecule has 0 radical (unpaired) electrons. The maximum absolute atomic E-state index is 11.8. The number of piperidine rings is 1. The first-order chi connectivity index (χ1) is 7.57. The van der Waals surface area contributed by atoms with Gasteiger partial charge in [0.05, 0.1) is 0 Å². The number of nitrogens with two attached hydrogens (primary N) is 1. The molecule has 1 aliphatic carbocycles. The maximum atomic E-state index is 11.8. The van der Waals surface area contributed by atoms with Crippen LogP contribution in [0.25, 0.3) is 0 Å². The highest BCUT2D eigenvalue weighted by atomic mass is 16.1. The molecule has 4 nitrogen and oxygen atoms in total. The van der Waals surface area contributed by atoms with Gasteiger partial charge in [0.1, 0.15) is 0 Å². The second-order valence-electron chi connectivity index (χ2n) is 5.54. The van der Waals surface area contributed by atoms with Crippen molar-refractivity contribution in [3.63, 3.8) is 0 Å². The maximum Gasteiger partial charge on any atom is 0.222 e. The van der Waals surface area contributed by atoms with Crippen molar-refractivity contribution in [3.8, 4) is 0 Å². The van der Waals surface area contributed by atoms with E-state index in [1.807, 2.05) is 0 Å². The number of carbonyl (C=O) groups is 1. The van der Waals surface area contributed by atoms with Crippen molar-refractivity contribution in [2.75, 3.05) is 20.1 Å². The largest absolute Gasteiger partial charge is 0.353 e. The zero-order valence-electron chi connectivity index (χ0n) is 10.2. The van der Waals surface area contributed by atoms with Gasteiger partial charge in [-0.3, -0.25) is 4.79 Å². The normalized spacial score (nSPS) is 26.1. The molecule has 4 heteroatoms. The van der Waals surface area contributed by atoms with Crippen molar-refractivity contribution in [1.82, 2.24) is 10.2 Å². The van der Waals surface area contributed by atoms with E-state index >= 15 is 0 Å². The molecule has 0 aromatic rings. The standard InChI is InChI=1S/C12H23N3O/c1-15-7-3-10(4-8-15)14-11(16)9-12(13)5-2-6-12/h10H,2-9,13H2,1H3,(H,14,16). The molecule has 0 spiro atoms. The number of carbonyl (C=O) groups excluding carboxylic acids is 1.